The summed E-state index contributed by atoms with van der Waals surface area (Å²) in [6, 6.07) is 0. The van der Waals surface area contributed by atoms with Crippen molar-refractivity contribution < 1.29 is 10.2 Å². The van der Waals surface area contributed by atoms with Gasteiger partial charge in [0.1, 0.15) is 6.33 Å². The molecule has 0 amide bonds. The van der Waals surface area contributed by atoms with Crippen molar-refractivity contribution in [3.63, 3.8) is 0 Å². The number of hydrogen-bond donors (Lipinski definition) is 2. The summed E-state index contributed by atoms with van der Waals surface area (Å²) in [4.78, 5) is 7.28. The largest absolute Gasteiger partial charge is 0.492 e. The van der Waals surface area contributed by atoms with E-state index in [0.29, 0.717) is 0 Å². The zero-order valence-electron chi connectivity index (χ0n) is 6.26. The Morgan fingerprint density at radius 1 is 1.25 bits per heavy atom. The van der Waals surface area contributed by atoms with Gasteiger partial charge in [-0.3, -0.25) is 0 Å². The first-order valence-electron chi connectivity index (χ1n) is 3.26. The molecule has 0 saturated carbocycles. The molecule has 62 valence electrons. The smallest absolute Gasteiger partial charge is 0.243 e. The van der Waals surface area contributed by atoms with Gasteiger partial charge in [-0.15, -0.1) is 0 Å². The van der Waals surface area contributed by atoms with E-state index in [1.165, 1.54) is 11.0 Å². The van der Waals surface area contributed by atoms with E-state index in [-0.39, 0.29) is 22.8 Å². The van der Waals surface area contributed by atoms with Crippen LogP contribution in [0.25, 0.3) is 11.0 Å². The second-order valence-corrected chi connectivity index (χ2v) is 2.34. The predicted molar refractivity (Wildman–Crippen MR) is 39.6 cm³/mol. The first kappa shape index (κ1) is 6.84. The normalized spacial score (nSPS) is 10.8. The van der Waals surface area contributed by atoms with Crippen LogP contribution in [0.2, 0.25) is 0 Å². The molecule has 2 aromatic heterocycles. The molecule has 0 bridgehead atoms. The summed E-state index contributed by atoms with van der Waals surface area (Å²) in [5.74, 6) is -0.307. The van der Waals surface area contributed by atoms with Crippen molar-refractivity contribution in [2.24, 2.45) is 7.05 Å². The molecular formula is C6H6N4O2. The Labute approximate surface area is 67.1 Å². The van der Waals surface area contributed by atoms with Crippen LogP contribution in [-0.4, -0.2) is 30.0 Å². The maximum absolute atomic E-state index is 9.32. The Kier molecular flexibility index (Phi) is 1.18. The molecule has 6 nitrogen and oxygen atoms in total. The van der Waals surface area contributed by atoms with Crippen LogP contribution in [0.4, 0.5) is 0 Å². The summed E-state index contributed by atoms with van der Waals surface area (Å²) >= 11 is 0. The van der Waals surface area contributed by atoms with Gasteiger partial charge in [-0.1, -0.05) is 0 Å². The maximum atomic E-state index is 9.32. The Balaban J connectivity index is 2.95. The molecule has 0 aliphatic heterocycles. The van der Waals surface area contributed by atoms with Crippen LogP contribution >= 0.6 is 0 Å². The van der Waals surface area contributed by atoms with Gasteiger partial charge in [0, 0.05) is 7.05 Å². The van der Waals surface area contributed by atoms with E-state index in [1.807, 2.05) is 0 Å². The van der Waals surface area contributed by atoms with Gasteiger partial charge in [0.05, 0.1) is 0 Å². The van der Waals surface area contributed by atoms with Crippen LogP contribution in [0.3, 0.4) is 0 Å². The first-order valence-corrected chi connectivity index (χ1v) is 3.26. The number of aryl methyl sites for hydroxylation is 1. The average molecular weight is 166 g/mol. The van der Waals surface area contributed by atoms with E-state index in [0.717, 1.165) is 0 Å². The highest BCUT2D eigenvalue weighted by atomic mass is 16.3. The standard InChI is InChI=1S/C6H6N4O2/c1-10-6(12)4-3(9-10)5(11)8-2-7-4/h2,12H,1H3,(H,7,8,11). The fourth-order valence-corrected chi connectivity index (χ4v) is 0.976. The van der Waals surface area contributed by atoms with Crippen molar-refractivity contribution >= 4 is 11.0 Å². The Bertz CT molecular complexity index is 436. The van der Waals surface area contributed by atoms with Gasteiger partial charge < -0.3 is 10.2 Å². The molecular weight excluding hydrogens is 160 g/mol. The number of rotatable bonds is 0. The van der Waals surface area contributed by atoms with E-state index in [1.54, 1.807) is 7.05 Å². The summed E-state index contributed by atoms with van der Waals surface area (Å²) in [6.45, 7) is 0. The summed E-state index contributed by atoms with van der Waals surface area (Å²) in [6.07, 6.45) is 1.17. The van der Waals surface area contributed by atoms with Crippen molar-refractivity contribution in [3.8, 4) is 11.8 Å². The van der Waals surface area contributed by atoms with Crippen molar-refractivity contribution in [1.29, 1.82) is 0 Å². The third-order valence-corrected chi connectivity index (χ3v) is 1.57. The minimum Gasteiger partial charge on any atom is -0.492 e. The molecule has 0 fully saturated rings. The minimum atomic E-state index is -0.226. The SMILES string of the molecule is Cn1nc2c(O)ncnc2c1O. The fourth-order valence-electron chi connectivity index (χ4n) is 0.976. The zero-order valence-corrected chi connectivity index (χ0v) is 6.26. The number of aromatic nitrogens is 4. The van der Waals surface area contributed by atoms with Crippen LogP contribution < -0.4 is 0 Å². The lowest BCUT2D eigenvalue weighted by atomic mass is 10.4. The Morgan fingerprint density at radius 3 is 2.67 bits per heavy atom. The van der Waals surface area contributed by atoms with Gasteiger partial charge in [0.2, 0.25) is 11.8 Å². The average Bonchev–Trinajstić information content (AvgIpc) is 2.32. The molecule has 0 spiro atoms. The molecule has 6 heteroatoms. The van der Waals surface area contributed by atoms with Crippen molar-refractivity contribution in [2.45, 2.75) is 0 Å². The molecule has 0 aliphatic rings. The molecule has 0 unspecified atom stereocenters. The van der Waals surface area contributed by atoms with Gasteiger partial charge in [-0.25, -0.2) is 9.67 Å². The molecule has 0 atom stereocenters. The van der Waals surface area contributed by atoms with E-state index in [2.05, 4.69) is 15.1 Å². The van der Waals surface area contributed by atoms with Crippen molar-refractivity contribution in [2.75, 3.05) is 0 Å². The molecule has 0 radical (unpaired) electrons. The fraction of sp³-hybridized carbons (Fsp3) is 0.167. The highest BCUT2D eigenvalue weighted by Gasteiger charge is 2.12. The van der Waals surface area contributed by atoms with Gasteiger partial charge >= 0.3 is 0 Å². The van der Waals surface area contributed by atoms with Crippen LogP contribution in [0.1, 0.15) is 0 Å². The molecule has 12 heavy (non-hydrogen) atoms. The molecule has 0 saturated heterocycles. The van der Waals surface area contributed by atoms with E-state index < -0.39 is 0 Å². The highest BCUT2D eigenvalue weighted by Crippen LogP contribution is 2.25. The Hall–Kier alpha value is -1.85. The van der Waals surface area contributed by atoms with Gasteiger partial charge in [-0.05, 0) is 0 Å². The van der Waals surface area contributed by atoms with Crippen molar-refractivity contribution in [1.82, 2.24) is 19.7 Å². The van der Waals surface area contributed by atoms with Gasteiger partial charge in [0.15, 0.2) is 11.0 Å². The van der Waals surface area contributed by atoms with E-state index in [9.17, 15) is 10.2 Å². The molecule has 2 rings (SSSR count). The molecule has 2 N–H and O–H groups in total. The van der Waals surface area contributed by atoms with Crippen LogP contribution in [0.5, 0.6) is 11.8 Å². The predicted octanol–water partition coefficient (Wildman–Crippen LogP) is -0.226. The third-order valence-electron chi connectivity index (χ3n) is 1.57. The monoisotopic (exact) mass is 166 g/mol. The number of fused-ring (bicyclic) bond motifs is 1. The van der Waals surface area contributed by atoms with Crippen LogP contribution in [0.15, 0.2) is 6.33 Å². The summed E-state index contributed by atoms with van der Waals surface area (Å²) in [7, 11) is 1.55. The second kappa shape index (κ2) is 2.07. The molecule has 2 heterocycles. The topological polar surface area (TPSA) is 84.1 Å². The van der Waals surface area contributed by atoms with E-state index >= 15 is 0 Å². The second-order valence-electron chi connectivity index (χ2n) is 2.34. The Morgan fingerprint density at radius 2 is 2.00 bits per heavy atom. The zero-order chi connectivity index (χ0) is 8.72. The van der Waals surface area contributed by atoms with Crippen LogP contribution in [0, 0.1) is 0 Å². The van der Waals surface area contributed by atoms with E-state index in [4.69, 9.17) is 0 Å². The highest BCUT2D eigenvalue weighted by molar-refractivity contribution is 5.82. The maximum Gasteiger partial charge on any atom is 0.243 e. The van der Waals surface area contributed by atoms with Gasteiger partial charge in [0.25, 0.3) is 0 Å². The minimum absolute atomic E-state index is 0.0808. The van der Waals surface area contributed by atoms with Crippen LogP contribution in [-0.2, 0) is 7.05 Å². The quantitative estimate of drug-likeness (QED) is 0.565. The number of aromatic hydroxyl groups is 2. The van der Waals surface area contributed by atoms with Gasteiger partial charge in [-0.2, -0.15) is 10.1 Å². The molecule has 2 aromatic rings. The van der Waals surface area contributed by atoms with Crippen molar-refractivity contribution in [3.05, 3.63) is 6.33 Å². The summed E-state index contributed by atoms with van der Waals surface area (Å²) in [5, 5.41) is 22.3. The lowest BCUT2D eigenvalue weighted by Gasteiger charge is -1.88. The molecule has 0 aliphatic carbocycles. The third kappa shape index (κ3) is 0.714. The molecule has 0 aromatic carbocycles. The summed E-state index contributed by atoms with van der Waals surface area (Å²) in [5.41, 5.74) is 0.461. The first-order chi connectivity index (χ1) is 5.70. The summed E-state index contributed by atoms with van der Waals surface area (Å²) < 4.78 is 1.22. The lowest BCUT2D eigenvalue weighted by molar-refractivity contribution is 0.423. The lowest BCUT2D eigenvalue weighted by Crippen LogP contribution is -1.87. The number of nitrogens with zero attached hydrogens (tertiary/aromatic N) is 4. The number of hydrogen-bond acceptors (Lipinski definition) is 5.